The lowest BCUT2D eigenvalue weighted by molar-refractivity contribution is 0.238. The highest BCUT2D eigenvalue weighted by Gasteiger charge is 2.25. The van der Waals surface area contributed by atoms with Gasteiger partial charge in [-0.1, -0.05) is 43.7 Å². The Kier molecular flexibility index (Phi) is 5.94. The molecule has 158 valence electrons. The van der Waals surface area contributed by atoms with Gasteiger partial charge in [0.25, 0.3) is 0 Å². The first-order valence-corrected chi connectivity index (χ1v) is 12.0. The molecule has 2 aliphatic rings. The predicted octanol–water partition coefficient (Wildman–Crippen LogP) is 7.22. The molecule has 0 atom stereocenters. The lowest BCUT2D eigenvalue weighted by Crippen LogP contribution is -2.27. The number of halogens is 1. The molecule has 0 radical (unpaired) electrons. The van der Waals surface area contributed by atoms with E-state index in [0.717, 1.165) is 39.8 Å². The third-order valence-electron chi connectivity index (χ3n) is 7.15. The van der Waals surface area contributed by atoms with Crippen molar-refractivity contribution in [1.29, 1.82) is 0 Å². The minimum absolute atomic E-state index is 0.496. The van der Waals surface area contributed by atoms with Gasteiger partial charge in [-0.3, -0.25) is 0 Å². The van der Waals surface area contributed by atoms with Gasteiger partial charge in [0.15, 0.2) is 0 Å². The summed E-state index contributed by atoms with van der Waals surface area (Å²) in [5, 5.41) is 5.31. The highest BCUT2D eigenvalue weighted by molar-refractivity contribution is 6.29. The number of fused-ring (bicyclic) bond motifs is 1. The maximum absolute atomic E-state index is 6.39. The molecule has 2 saturated carbocycles. The predicted molar refractivity (Wildman–Crippen MR) is 125 cm³/mol. The molecule has 30 heavy (non-hydrogen) atoms. The second-order valence-corrected chi connectivity index (χ2v) is 9.65. The van der Waals surface area contributed by atoms with Crippen LogP contribution in [0.2, 0.25) is 5.15 Å². The van der Waals surface area contributed by atoms with Gasteiger partial charge in [0.1, 0.15) is 16.6 Å². The molecule has 0 bridgehead atoms. The van der Waals surface area contributed by atoms with Crippen LogP contribution in [0.3, 0.4) is 0 Å². The summed E-state index contributed by atoms with van der Waals surface area (Å²) in [5.74, 6) is 2.80. The molecule has 4 nitrogen and oxygen atoms in total. The number of hydrogen-bond donors (Lipinski definition) is 2. The lowest BCUT2D eigenvalue weighted by atomic mass is 9.76. The van der Waals surface area contributed by atoms with E-state index in [1.165, 1.54) is 64.2 Å². The molecule has 5 heteroatoms. The minimum Gasteiger partial charge on any atom is -0.367 e. The number of aromatic amines is 1. The van der Waals surface area contributed by atoms with Crippen LogP contribution in [-0.4, -0.2) is 21.0 Å². The third kappa shape index (κ3) is 4.49. The molecule has 3 aromatic rings. The van der Waals surface area contributed by atoms with E-state index in [1.54, 1.807) is 6.20 Å². The number of nitrogens with zero attached hydrogens (tertiary/aromatic N) is 2. The molecule has 0 saturated heterocycles. The number of anilines is 1. The first-order valence-electron chi connectivity index (χ1n) is 11.6. The van der Waals surface area contributed by atoms with Gasteiger partial charge in [-0.2, -0.15) is 0 Å². The van der Waals surface area contributed by atoms with Crippen molar-refractivity contribution >= 4 is 28.5 Å². The smallest absolute Gasteiger partial charge is 0.137 e. The Morgan fingerprint density at radius 1 is 1.00 bits per heavy atom. The highest BCUT2D eigenvalue weighted by Crippen LogP contribution is 2.36. The standard InChI is InChI=1S/C25H31ClN4/c26-23-14-19(22-16-28-25-21(22)7-4-12-27-25)15-24(30-23)29-20-10-8-18(9-11-20)13-17-5-2-1-3-6-17/h4,7,12,14-18,20H,1-3,5-6,8-11,13H2,(H,27,28)(H,29,30). The van der Waals surface area contributed by atoms with Gasteiger partial charge in [0.2, 0.25) is 0 Å². The molecule has 2 N–H and O–H groups in total. The van der Waals surface area contributed by atoms with Crippen molar-refractivity contribution in [3.8, 4) is 11.1 Å². The summed E-state index contributed by atoms with van der Waals surface area (Å²) in [7, 11) is 0. The molecule has 0 spiro atoms. The molecule has 0 unspecified atom stereocenters. The minimum atomic E-state index is 0.496. The summed E-state index contributed by atoms with van der Waals surface area (Å²) in [6, 6.07) is 8.60. The van der Waals surface area contributed by atoms with Crippen LogP contribution in [-0.2, 0) is 0 Å². The van der Waals surface area contributed by atoms with Gasteiger partial charge in [-0.05, 0) is 73.8 Å². The monoisotopic (exact) mass is 422 g/mol. The quantitative estimate of drug-likeness (QED) is 0.426. The van der Waals surface area contributed by atoms with Crippen LogP contribution in [0.15, 0.2) is 36.7 Å². The second kappa shape index (κ2) is 8.97. The molecule has 0 aliphatic heterocycles. The average molecular weight is 423 g/mol. The Morgan fingerprint density at radius 3 is 2.63 bits per heavy atom. The van der Waals surface area contributed by atoms with Crippen molar-refractivity contribution in [3.63, 3.8) is 0 Å². The Bertz CT molecular complexity index is 984. The number of hydrogen-bond acceptors (Lipinski definition) is 3. The fraction of sp³-hybridized carbons (Fsp3) is 0.520. The molecule has 3 aromatic heterocycles. The zero-order valence-electron chi connectivity index (χ0n) is 17.5. The van der Waals surface area contributed by atoms with E-state index in [4.69, 9.17) is 11.6 Å². The first kappa shape index (κ1) is 19.9. The Morgan fingerprint density at radius 2 is 1.80 bits per heavy atom. The fourth-order valence-electron chi connectivity index (χ4n) is 5.57. The van der Waals surface area contributed by atoms with Crippen LogP contribution in [0.4, 0.5) is 5.82 Å². The number of pyridine rings is 2. The molecule has 0 aromatic carbocycles. The number of rotatable bonds is 5. The molecular formula is C25H31ClN4. The maximum atomic E-state index is 6.39. The average Bonchev–Trinajstić information content (AvgIpc) is 3.20. The SMILES string of the molecule is Clc1cc(-c2c[nH]c3ncccc23)cc(NC2CCC(CC3CCCCC3)CC2)n1. The van der Waals surface area contributed by atoms with Crippen LogP contribution in [0.25, 0.3) is 22.2 Å². The van der Waals surface area contributed by atoms with Gasteiger partial charge in [0, 0.05) is 29.4 Å². The van der Waals surface area contributed by atoms with Gasteiger partial charge < -0.3 is 10.3 Å². The normalized spacial score (nSPS) is 23.0. The third-order valence-corrected chi connectivity index (χ3v) is 7.34. The second-order valence-electron chi connectivity index (χ2n) is 9.27. The van der Waals surface area contributed by atoms with Crippen molar-refractivity contribution in [2.45, 2.75) is 70.3 Å². The molecule has 2 fully saturated rings. The van der Waals surface area contributed by atoms with Crippen molar-refractivity contribution < 1.29 is 0 Å². The van der Waals surface area contributed by atoms with E-state index in [9.17, 15) is 0 Å². The van der Waals surface area contributed by atoms with Crippen LogP contribution < -0.4 is 5.32 Å². The Hall–Kier alpha value is -2.07. The number of H-pyrrole nitrogens is 1. The molecule has 0 amide bonds. The van der Waals surface area contributed by atoms with E-state index >= 15 is 0 Å². The Labute approximate surface area is 183 Å². The van der Waals surface area contributed by atoms with Crippen LogP contribution in [0, 0.1) is 11.8 Å². The number of aromatic nitrogens is 3. The molecular weight excluding hydrogens is 392 g/mol. The zero-order valence-corrected chi connectivity index (χ0v) is 18.3. The lowest BCUT2D eigenvalue weighted by Gasteiger charge is -2.32. The van der Waals surface area contributed by atoms with E-state index in [1.807, 2.05) is 18.3 Å². The number of nitrogens with one attached hydrogen (secondary N) is 2. The van der Waals surface area contributed by atoms with E-state index in [-0.39, 0.29) is 0 Å². The summed E-state index contributed by atoms with van der Waals surface area (Å²) in [6.07, 6.45) is 17.7. The summed E-state index contributed by atoms with van der Waals surface area (Å²) < 4.78 is 0. The zero-order chi connectivity index (χ0) is 20.3. The van der Waals surface area contributed by atoms with Crippen LogP contribution in [0.1, 0.15) is 64.2 Å². The van der Waals surface area contributed by atoms with E-state index in [2.05, 4.69) is 32.4 Å². The van der Waals surface area contributed by atoms with Gasteiger partial charge in [0.05, 0.1) is 0 Å². The van der Waals surface area contributed by atoms with Gasteiger partial charge in [-0.15, -0.1) is 0 Å². The van der Waals surface area contributed by atoms with Crippen LogP contribution >= 0.6 is 11.6 Å². The van der Waals surface area contributed by atoms with Gasteiger partial charge >= 0.3 is 0 Å². The van der Waals surface area contributed by atoms with Crippen molar-refractivity contribution in [2.24, 2.45) is 11.8 Å². The van der Waals surface area contributed by atoms with Crippen molar-refractivity contribution in [2.75, 3.05) is 5.32 Å². The van der Waals surface area contributed by atoms with Crippen LogP contribution in [0.5, 0.6) is 0 Å². The summed E-state index contributed by atoms with van der Waals surface area (Å²) >= 11 is 6.39. The highest BCUT2D eigenvalue weighted by atomic mass is 35.5. The topological polar surface area (TPSA) is 53.6 Å². The molecule has 2 aliphatic carbocycles. The molecule has 5 rings (SSSR count). The van der Waals surface area contributed by atoms with E-state index in [0.29, 0.717) is 11.2 Å². The van der Waals surface area contributed by atoms with Gasteiger partial charge in [-0.25, -0.2) is 9.97 Å². The van der Waals surface area contributed by atoms with Crippen molar-refractivity contribution in [3.05, 3.63) is 41.8 Å². The summed E-state index contributed by atoms with van der Waals surface area (Å²) in [4.78, 5) is 12.2. The van der Waals surface area contributed by atoms with Crippen molar-refractivity contribution in [1.82, 2.24) is 15.0 Å². The van der Waals surface area contributed by atoms with E-state index < -0.39 is 0 Å². The molecule has 3 heterocycles. The largest absolute Gasteiger partial charge is 0.367 e. The Balaban J connectivity index is 1.24. The fourth-order valence-corrected chi connectivity index (χ4v) is 5.78. The summed E-state index contributed by atoms with van der Waals surface area (Å²) in [5.41, 5.74) is 3.08. The first-order chi connectivity index (χ1) is 14.7. The summed E-state index contributed by atoms with van der Waals surface area (Å²) in [6.45, 7) is 0. The maximum Gasteiger partial charge on any atom is 0.137 e.